The highest BCUT2D eigenvalue weighted by Crippen LogP contribution is 2.26. The van der Waals surface area contributed by atoms with E-state index < -0.39 is 10.0 Å². The van der Waals surface area contributed by atoms with Crippen molar-refractivity contribution < 1.29 is 13.2 Å². The zero-order chi connectivity index (χ0) is 21.7. The molecule has 8 heteroatoms. The Kier molecular flexibility index (Phi) is 8.18. The number of carbonyl (C=O) groups excluding carboxylic acids is 1. The van der Waals surface area contributed by atoms with Crippen molar-refractivity contribution in [1.29, 1.82) is 0 Å². The number of piperidine rings is 1. The zero-order valence-corrected chi connectivity index (χ0v) is 19.6. The molecule has 0 aliphatic carbocycles. The van der Waals surface area contributed by atoms with E-state index in [9.17, 15) is 13.2 Å². The van der Waals surface area contributed by atoms with Crippen molar-refractivity contribution in [3.63, 3.8) is 0 Å². The molecule has 168 valence electrons. The molecule has 0 unspecified atom stereocenters. The van der Waals surface area contributed by atoms with Gasteiger partial charge in [-0.1, -0.05) is 24.4 Å². The van der Waals surface area contributed by atoms with Crippen LogP contribution in [0.4, 0.5) is 0 Å². The largest absolute Gasteiger partial charge is 0.339 e. The van der Waals surface area contributed by atoms with Gasteiger partial charge in [0.15, 0.2) is 0 Å². The maximum Gasteiger partial charge on any atom is 0.255 e. The fourth-order valence-corrected chi connectivity index (χ4v) is 5.86. The van der Waals surface area contributed by atoms with Gasteiger partial charge < -0.3 is 9.80 Å². The van der Waals surface area contributed by atoms with Crippen LogP contribution in [0.2, 0.25) is 5.02 Å². The number of likely N-dealkylation sites (tertiary alicyclic amines) is 2. The molecular weight excluding hydrogens is 422 g/mol. The van der Waals surface area contributed by atoms with E-state index in [0.717, 1.165) is 19.4 Å². The molecule has 6 nitrogen and oxygen atoms in total. The molecule has 1 amide bonds. The molecular formula is C22H34ClN3O3S. The Bertz CT molecular complexity index is 828. The minimum Gasteiger partial charge on any atom is -0.339 e. The van der Waals surface area contributed by atoms with Gasteiger partial charge in [0, 0.05) is 25.7 Å². The predicted molar refractivity (Wildman–Crippen MR) is 120 cm³/mol. The third kappa shape index (κ3) is 6.19. The Balaban J connectivity index is 1.62. The summed E-state index contributed by atoms with van der Waals surface area (Å²) in [6.45, 7) is 8.41. The third-order valence-corrected chi connectivity index (χ3v) is 7.97. The SMILES string of the molecule is CC(C)NS(=O)(=O)c1ccc(Cl)c(C(=O)N2CCC(CN3CCCCCC3)CC2)c1. The first-order chi connectivity index (χ1) is 14.3. The maximum absolute atomic E-state index is 13.1. The molecule has 2 fully saturated rings. The van der Waals surface area contributed by atoms with Crippen LogP contribution in [0.3, 0.4) is 0 Å². The average molecular weight is 456 g/mol. The number of hydrogen-bond acceptors (Lipinski definition) is 4. The second-order valence-electron chi connectivity index (χ2n) is 8.87. The summed E-state index contributed by atoms with van der Waals surface area (Å²) in [4.78, 5) is 17.5. The van der Waals surface area contributed by atoms with Crippen LogP contribution in [0.25, 0.3) is 0 Å². The summed E-state index contributed by atoms with van der Waals surface area (Å²) in [5, 5.41) is 0.287. The van der Waals surface area contributed by atoms with Gasteiger partial charge in [-0.2, -0.15) is 0 Å². The molecule has 30 heavy (non-hydrogen) atoms. The van der Waals surface area contributed by atoms with Crippen molar-refractivity contribution in [2.24, 2.45) is 5.92 Å². The minimum absolute atomic E-state index is 0.0694. The normalized spacial score (nSPS) is 19.8. The lowest BCUT2D eigenvalue weighted by atomic mass is 9.95. The number of hydrogen-bond donors (Lipinski definition) is 1. The Morgan fingerprint density at radius 1 is 1.10 bits per heavy atom. The van der Waals surface area contributed by atoms with E-state index in [4.69, 9.17) is 11.6 Å². The summed E-state index contributed by atoms with van der Waals surface area (Å²) in [6, 6.07) is 4.11. The first kappa shape index (κ1) is 23.5. The lowest BCUT2D eigenvalue weighted by Gasteiger charge is -2.35. The highest BCUT2D eigenvalue weighted by Gasteiger charge is 2.27. The average Bonchev–Trinajstić information content (AvgIpc) is 2.96. The van der Waals surface area contributed by atoms with Crippen LogP contribution >= 0.6 is 11.6 Å². The fraction of sp³-hybridized carbons (Fsp3) is 0.682. The van der Waals surface area contributed by atoms with Gasteiger partial charge in [-0.15, -0.1) is 0 Å². The molecule has 0 atom stereocenters. The van der Waals surface area contributed by atoms with E-state index in [1.165, 1.54) is 57.0 Å². The van der Waals surface area contributed by atoms with Crippen LogP contribution in [-0.2, 0) is 10.0 Å². The van der Waals surface area contributed by atoms with E-state index >= 15 is 0 Å². The number of rotatable bonds is 6. The van der Waals surface area contributed by atoms with E-state index in [0.29, 0.717) is 19.0 Å². The summed E-state index contributed by atoms with van der Waals surface area (Å²) >= 11 is 6.27. The molecule has 0 aromatic heterocycles. The van der Waals surface area contributed by atoms with Crippen molar-refractivity contribution in [2.45, 2.75) is 63.3 Å². The van der Waals surface area contributed by atoms with Gasteiger partial charge >= 0.3 is 0 Å². The smallest absolute Gasteiger partial charge is 0.255 e. The van der Waals surface area contributed by atoms with Crippen molar-refractivity contribution in [3.05, 3.63) is 28.8 Å². The van der Waals surface area contributed by atoms with E-state index in [2.05, 4.69) is 9.62 Å². The summed E-state index contributed by atoms with van der Waals surface area (Å²) in [6.07, 6.45) is 7.22. The number of nitrogens with zero attached hydrogens (tertiary/aromatic N) is 2. The molecule has 1 aromatic carbocycles. The summed E-state index contributed by atoms with van der Waals surface area (Å²) in [5.74, 6) is 0.430. The van der Waals surface area contributed by atoms with E-state index in [-0.39, 0.29) is 27.4 Å². The molecule has 2 saturated heterocycles. The monoisotopic (exact) mass is 455 g/mol. The molecule has 0 radical (unpaired) electrons. The number of nitrogens with one attached hydrogen (secondary N) is 1. The Hall–Kier alpha value is -1.15. The Morgan fingerprint density at radius 2 is 1.73 bits per heavy atom. The van der Waals surface area contributed by atoms with Gasteiger partial charge in [-0.25, -0.2) is 13.1 Å². The summed E-state index contributed by atoms with van der Waals surface area (Å²) in [7, 11) is -3.68. The highest BCUT2D eigenvalue weighted by molar-refractivity contribution is 7.89. The quantitative estimate of drug-likeness (QED) is 0.709. The molecule has 0 saturated carbocycles. The Morgan fingerprint density at radius 3 is 2.33 bits per heavy atom. The zero-order valence-electron chi connectivity index (χ0n) is 18.1. The molecule has 0 bridgehead atoms. The number of carbonyl (C=O) groups is 1. The van der Waals surface area contributed by atoms with Gasteiger partial charge in [0.2, 0.25) is 10.0 Å². The topological polar surface area (TPSA) is 69.7 Å². The first-order valence-corrected chi connectivity index (χ1v) is 13.0. The van der Waals surface area contributed by atoms with Crippen molar-refractivity contribution in [1.82, 2.24) is 14.5 Å². The molecule has 1 aromatic rings. The fourth-order valence-electron chi connectivity index (χ4n) is 4.39. The molecule has 0 spiro atoms. The van der Waals surface area contributed by atoms with Crippen molar-refractivity contribution in [3.8, 4) is 0 Å². The summed E-state index contributed by atoms with van der Waals surface area (Å²) < 4.78 is 27.5. The van der Waals surface area contributed by atoms with Gasteiger partial charge in [-0.05, 0) is 76.7 Å². The second-order valence-corrected chi connectivity index (χ2v) is 11.0. The van der Waals surface area contributed by atoms with E-state index in [1.807, 2.05) is 4.90 Å². The maximum atomic E-state index is 13.1. The molecule has 2 aliphatic rings. The standard InChI is InChI=1S/C22H34ClN3O3S/c1-17(2)24-30(28,29)19-7-8-21(23)20(15-19)22(27)26-13-9-18(10-14-26)16-25-11-5-3-4-6-12-25/h7-8,15,17-18,24H,3-6,9-14,16H2,1-2H3. The number of halogens is 1. The van der Waals surface area contributed by atoms with Gasteiger partial charge in [0.05, 0.1) is 15.5 Å². The number of amides is 1. The molecule has 2 aliphatic heterocycles. The first-order valence-electron chi connectivity index (χ1n) is 11.1. The van der Waals surface area contributed by atoms with Crippen molar-refractivity contribution >= 4 is 27.5 Å². The molecule has 1 N–H and O–H groups in total. The molecule has 2 heterocycles. The Labute approximate surface area is 186 Å². The number of sulfonamides is 1. The van der Waals surface area contributed by atoms with Gasteiger partial charge in [0.1, 0.15) is 0 Å². The molecule has 3 rings (SSSR count). The lowest BCUT2D eigenvalue weighted by molar-refractivity contribution is 0.0668. The minimum atomic E-state index is -3.68. The third-order valence-electron chi connectivity index (χ3n) is 5.99. The van der Waals surface area contributed by atoms with Gasteiger partial charge in [0.25, 0.3) is 5.91 Å². The predicted octanol–water partition coefficient (Wildman–Crippen LogP) is 3.75. The van der Waals surface area contributed by atoms with Crippen LogP contribution in [0.1, 0.15) is 62.7 Å². The van der Waals surface area contributed by atoms with Crippen molar-refractivity contribution in [2.75, 3.05) is 32.7 Å². The van der Waals surface area contributed by atoms with Crippen LogP contribution in [0.15, 0.2) is 23.1 Å². The highest BCUT2D eigenvalue weighted by atomic mass is 35.5. The van der Waals surface area contributed by atoms with Crippen LogP contribution in [-0.4, -0.2) is 62.9 Å². The van der Waals surface area contributed by atoms with Crippen LogP contribution in [0, 0.1) is 5.92 Å². The van der Waals surface area contributed by atoms with Crippen LogP contribution < -0.4 is 4.72 Å². The summed E-state index contributed by atoms with van der Waals surface area (Å²) in [5.41, 5.74) is 0.259. The van der Waals surface area contributed by atoms with E-state index in [1.54, 1.807) is 13.8 Å². The van der Waals surface area contributed by atoms with Gasteiger partial charge in [-0.3, -0.25) is 4.79 Å². The lowest BCUT2D eigenvalue weighted by Crippen LogP contribution is -2.42. The number of benzene rings is 1. The second kappa shape index (κ2) is 10.4. The van der Waals surface area contributed by atoms with Crippen LogP contribution in [0.5, 0.6) is 0 Å².